The van der Waals surface area contributed by atoms with Crippen molar-refractivity contribution in [3.05, 3.63) is 29.3 Å². The van der Waals surface area contributed by atoms with E-state index in [4.69, 9.17) is 21.1 Å². The van der Waals surface area contributed by atoms with Crippen LogP contribution in [0.1, 0.15) is 6.42 Å². The first kappa shape index (κ1) is 17.3. The number of hydrogen-bond acceptors (Lipinski definition) is 4. The van der Waals surface area contributed by atoms with Gasteiger partial charge < -0.3 is 20.1 Å². The van der Waals surface area contributed by atoms with E-state index in [2.05, 4.69) is 10.6 Å². The summed E-state index contributed by atoms with van der Waals surface area (Å²) in [4.78, 5) is 22.9. The molecule has 0 aliphatic carbocycles. The highest BCUT2D eigenvalue weighted by atomic mass is 35.5. The quantitative estimate of drug-likeness (QED) is 0.666. The molecule has 0 atom stereocenters. The second-order valence-corrected chi connectivity index (χ2v) is 4.56. The molecule has 0 spiro atoms. The van der Waals surface area contributed by atoms with Crippen LogP contribution >= 0.6 is 11.6 Å². The monoisotopic (exact) mass is 314 g/mol. The molecule has 2 N–H and O–H groups in total. The lowest BCUT2D eigenvalue weighted by atomic mass is 10.3. The fraction of sp³-hybridized carbons (Fsp3) is 0.429. The van der Waals surface area contributed by atoms with Gasteiger partial charge in [-0.25, -0.2) is 0 Å². The van der Waals surface area contributed by atoms with Gasteiger partial charge in [-0.15, -0.1) is 0 Å². The maximum Gasteiger partial charge on any atom is 0.239 e. The lowest BCUT2D eigenvalue weighted by molar-refractivity contribution is -0.126. The van der Waals surface area contributed by atoms with Crippen molar-refractivity contribution in [2.45, 2.75) is 6.42 Å². The fourth-order valence-electron chi connectivity index (χ4n) is 1.44. The zero-order valence-corrected chi connectivity index (χ0v) is 12.6. The van der Waals surface area contributed by atoms with Crippen molar-refractivity contribution in [2.75, 3.05) is 33.4 Å². The zero-order chi connectivity index (χ0) is 15.5. The first-order valence-corrected chi connectivity index (χ1v) is 6.91. The topological polar surface area (TPSA) is 76.7 Å². The van der Waals surface area contributed by atoms with Crippen molar-refractivity contribution in [3.63, 3.8) is 0 Å². The number of rotatable bonds is 9. The van der Waals surface area contributed by atoms with E-state index in [0.29, 0.717) is 23.9 Å². The lowest BCUT2D eigenvalue weighted by Crippen LogP contribution is -2.38. The molecule has 7 heteroatoms. The number of halogens is 1. The summed E-state index contributed by atoms with van der Waals surface area (Å²) < 4.78 is 10.2. The first-order valence-electron chi connectivity index (χ1n) is 6.53. The Bertz CT molecular complexity index is 468. The highest BCUT2D eigenvalue weighted by molar-refractivity contribution is 6.32. The Morgan fingerprint density at radius 2 is 1.90 bits per heavy atom. The molecular formula is C14H19ClN2O4. The van der Waals surface area contributed by atoms with Crippen LogP contribution in [-0.2, 0) is 14.3 Å². The molecule has 6 nitrogen and oxygen atoms in total. The Morgan fingerprint density at radius 1 is 1.14 bits per heavy atom. The third-order valence-electron chi connectivity index (χ3n) is 2.50. The summed E-state index contributed by atoms with van der Waals surface area (Å²) in [7, 11) is 1.55. The third-order valence-corrected chi connectivity index (χ3v) is 2.81. The van der Waals surface area contributed by atoms with Gasteiger partial charge in [0.05, 0.1) is 31.2 Å². The van der Waals surface area contributed by atoms with Gasteiger partial charge in [0, 0.05) is 13.7 Å². The van der Waals surface area contributed by atoms with Gasteiger partial charge in [0.25, 0.3) is 0 Å². The predicted octanol–water partition coefficient (Wildman–Crippen LogP) is 0.988. The molecule has 1 rings (SSSR count). The standard InChI is InChI=1S/C14H19ClN2O4/c1-20-9-7-16-14(19)10-17-13(18)6-8-21-12-5-3-2-4-11(12)15/h2-5H,6-10H2,1H3,(H,16,19)(H,17,18). The van der Waals surface area contributed by atoms with Crippen molar-refractivity contribution < 1.29 is 19.1 Å². The van der Waals surface area contributed by atoms with Crippen molar-refractivity contribution in [3.8, 4) is 5.75 Å². The maximum absolute atomic E-state index is 11.5. The van der Waals surface area contributed by atoms with Crippen molar-refractivity contribution in [1.82, 2.24) is 10.6 Å². The van der Waals surface area contributed by atoms with Gasteiger partial charge in [-0.05, 0) is 12.1 Å². The first-order chi connectivity index (χ1) is 10.1. The van der Waals surface area contributed by atoms with Crippen LogP contribution in [0.5, 0.6) is 5.75 Å². The number of carbonyl (C=O) groups is 2. The van der Waals surface area contributed by atoms with Gasteiger partial charge in [-0.2, -0.15) is 0 Å². The average molecular weight is 315 g/mol. The van der Waals surface area contributed by atoms with Gasteiger partial charge in [0.1, 0.15) is 5.75 Å². The number of hydrogen-bond donors (Lipinski definition) is 2. The SMILES string of the molecule is COCCNC(=O)CNC(=O)CCOc1ccccc1Cl. The molecule has 0 fully saturated rings. The Morgan fingerprint density at radius 3 is 2.62 bits per heavy atom. The maximum atomic E-state index is 11.5. The average Bonchev–Trinajstić information content (AvgIpc) is 2.47. The second kappa shape index (κ2) is 10.0. The molecule has 0 unspecified atom stereocenters. The minimum absolute atomic E-state index is 0.0609. The molecular weight excluding hydrogens is 296 g/mol. The molecule has 0 aliphatic heterocycles. The van der Waals surface area contributed by atoms with Crippen LogP contribution < -0.4 is 15.4 Å². The van der Waals surface area contributed by atoms with E-state index in [0.717, 1.165) is 0 Å². The van der Waals surface area contributed by atoms with Crippen molar-refractivity contribution in [1.29, 1.82) is 0 Å². The molecule has 1 aromatic carbocycles. The van der Waals surface area contributed by atoms with E-state index >= 15 is 0 Å². The van der Waals surface area contributed by atoms with Crippen molar-refractivity contribution in [2.24, 2.45) is 0 Å². The van der Waals surface area contributed by atoms with Crippen LogP contribution in [0.3, 0.4) is 0 Å². The van der Waals surface area contributed by atoms with E-state index in [-0.39, 0.29) is 31.4 Å². The normalized spacial score (nSPS) is 10.0. The smallest absolute Gasteiger partial charge is 0.239 e. The number of para-hydroxylation sites is 1. The summed E-state index contributed by atoms with van der Waals surface area (Å²) in [5.74, 6) is 0.0145. The molecule has 1 aromatic rings. The van der Waals surface area contributed by atoms with E-state index in [1.165, 1.54) is 0 Å². The molecule has 0 radical (unpaired) electrons. The van der Waals surface area contributed by atoms with Crippen LogP contribution in [0.4, 0.5) is 0 Å². The van der Waals surface area contributed by atoms with Crippen molar-refractivity contribution >= 4 is 23.4 Å². The van der Waals surface area contributed by atoms with Crippen LogP contribution in [0.2, 0.25) is 5.02 Å². The van der Waals surface area contributed by atoms with Gasteiger partial charge >= 0.3 is 0 Å². The zero-order valence-electron chi connectivity index (χ0n) is 11.9. The second-order valence-electron chi connectivity index (χ2n) is 4.15. The minimum atomic E-state index is -0.260. The Balaban J connectivity index is 2.14. The summed E-state index contributed by atoms with van der Waals surface area (Å²) in [5.41, 5.74) is 0. The van der Waals surface area contributed by atoms with E-state index in [1.807, 2.05) is 0 Å². The highest BCUT2D eigenvalue weighted by Crippen LogP contribution is 2.22. The lowest BCUT2D eigenvalue weighted by Gasteiger charge is -2.08. The third kappa shape index (κ3) is 7.53. The van der Waals surface area contributed by atoms with E-state index in [1.54, 1.807) is 31.4 Å². The summed E-state index contributed by atoms with van der Waals surface area (Å²) in [5, 5.41) is 5.60. The van der Waals surface area contributed by atoms with Crippen LogP contribution in [0.15, 0.2) is 24.3 Å². The fourth-order valence-corrected chi connectivity index (χ4v) is 1.63. The summed E-state index contributed by atoms with van der Waals surface area (Å²) in [6.07, 6.45) is 0.149. The number of carbonyl (C=O) groups excluding carboxylic acids is 2. The minimum Gasteiger partial charge on any atom is -0.491 e. The molecule has 0 heterocycles. The molecule has 0 saturated heterocycles. The highest BCUT2D eigenvalue weighted by Gasteiger charge is 2.06. The molecule has 0 bridgehead atoms. The van der Waals surface area contributed by atoms with E-state index in [9.17, 15) is 9.59 Å². The van der Waals surface area contributed by atoms with Crippen LogP contribution in [0, 0.1) is 0 Å². The van der Waals surface area contributed by atoms with Gasteiger partial charge in [0.2, 0.25) is 11.8 Å². The Kier molecular flexibility index (Phi) is 8.23. The summed E-state index contributed by atoms with van der Waals surface area (Å²) in [6.45, 7) is 0.988. The molecule has 0 aliphatic rings. The van der Waals surface area contributed by atoms with E-state index < -0.39 is 0 Å². The Labute approximate surface area is 128 Å². The van der Waals surface area contributed by atoms with Gasteiger partial charge in [-0.3, -0.25) is 9.59 Å². The van der Waals surface area contributed by atoms with Gasteiger partial charge in [-0.1, -0.05) is 23.7 Å². The summed E-state index contributed by atoms with van der Waals surface area (Å²) >= 11 is 5.91. The number of benzene rings is 1. The predicted molar refractivity (Wildman–Crippen MR) is 79.5 cm³/mol. The summed E-state index contributed by atoms with van der Waals surface area (Å²) in [6, 6.07) is 7.03. The van der Waals surface area contributed by atoms with Crippen LogP contribution in [0.25, 0.3) is 0 Å². The Hall–Kier alpha value is -1.79. The molecule has 116 valence electrons. The number of nitrogens with one attached hydrogen (secondary N) is 2. The molecule has 0 saturated carbocycles. The number of amides is 2. The molecule has 21 heavy (non-hydrogen) atoms. The molecule has 2 amide bonds. The number of ether oxygens (including phenoxy) is 2. The number of methoxy groups -OCH3 is 1. The van der Waals surface area contributed by atoms with Gasteiger partial charge in [0.15, 0.2) is 0 Å². The molecule has 0 aromatic heterocycles. The van der Waals surface area contributed by atoms with Crippen LogP contribution in [-0.4, -0.2) is 45.2 Å². The largest absolute Gasteiger partial charge is 0.491 e.